The van der Waals surface area contributed by atoms with Gasteiger partial charge in [0.15, 0.2) is 0 Å². The Hall–Kier alpha value is -7.34. The van der Waals surface area contributed by atoms with Crippen molar-refractivity contribution in [3.63, 3.8) is 0 Å². The molecule has 8 heteroatoms. The fourth-order valence-corrected chi connectivity index (χ4v) is 10.7. The van der Waals surface area contributed by atoms with E-state index in [9.17, 15) is 0 Å². The molecule has 0 aliphatic carbocycles. The molecule has 74 heavy (non-hydrogen) atoms. The van der Waals surface area contributed by atoms with Crippen molar-refractivity contribution >= 4 is 84.7 Å². The molecule has 12 rings (SSSR count). The summed E-state index contributed by atoms with van der Waals surface area (Å²) in [5.41, 5.74) is 17.0. The number of benzene rings is 8. The van der Waals surface area contributed by atoms with Crippen molar-refractivity contribution in [3.8, 4) is 17.3 Å². The summed E-state index contributed by atoms with van der Waals surface area (Å²) in [5, 5.41) is 2.22. The minimum Gasteiger partial charge on any atom is -0.509 e. The summed E-state index contributed by atoms with van der Waals surface area (Å²) in [6.45, 7) is 22.8. The van der Waals surface area contributed by atoms with Gasteiger partial charge < -0.3 is 24.0 Å². The van der Waals surface area contributed by atoms with Crippen LogP contribution in [0.1, 0.15) is 79.0 Å². The number of pyridine rings is 1. The van der Waals surface area contributed by atoms with Crippen molar-refractivity contribution in [2.75, 3.05) is 14.7 Å². The van der Waals surface area contributed by atoms with Crippen LogP contribution >= 0.6 is 0 Å². The summed E-state index contributed by atoms with van der Waals surface area (Å²) in [6.07, 6.45) is 1.91. The second-order valence-electron chi connectivity index (χ2n) is 22.7. The molecule has 0 saturated carbocycles. The first-order valence-corrected chi connectivity index (χ1v) is 25.5. The Kier molecular flexibility index (Phi) is 12.3. The molecule has 6 nitrogen and oxygen atoms in total. The quantitative estimate of drug-likeness (QED) is 0.117. The Balaban J connectivity index is 0.00000588. The van der Waals surface area contributed by atoms with Gasteiger partial charge in [0.1, 0.15) is 5.82 Å². The summed E-state index contributed by atoms with van der Waals surface area (Å²) < 4.78 is 8.98. The third kappa shape index (κ3) is 8.69. The zero-order chi connectivity index (χ0) is 50.4. The van der Waals surface area contributed by atoms with Crippen LogP contribution in [0.5, 0.6) is 11.5 Å². The second kappa shape index (κ2) is 18.5. The first-order chi connectivity index (χ1) is 35.1. The van der Waals surface area contributed by atoms with Crippen LogP contribution in [0.2, 0.25) is 0 Å². The molecule has 2 aliphatic heterocycles. The molecule has 0 unspecified atom stereocenters. The van der Waals surface area contributed by atoms with Crippen molar-refractivity contribution in [3.05, 3.63) is 224 Å². The van der Waals surface area contributed by atoms with Crippen LogP contribution in [0, 0.1) is 18.8 Å². The zero-order valence-electron chi connectivity index (χ0n) is 43.5. The van der Waals surface area contributed by atoms with Crippen LogP contribution in [0.25, 0.3) is 27.6 Å². The molecular formula is C66H59BN5OPt-3. The van der Waals surface area contributed by atoms with E-state index in [2.05, 4.69) is 264 Å². The maximum atomic E-state index is 6.78. The van der Waals surface area contributed by atoms with Gasteiger partial charge in [0.2, 0.25) is 6.71 Å². The number of fused-ring (bicyclic) bond motifs is 6. The molecule has 8 aromatic carbocycles. The van der Waals surface area contributed by atoms with Crippen molar-refractivity contribution in [2.24, 2.45) is 0 Å². The van der Waals surface area contributed by atoms with Crippen molar-refractivity contribution in [1.82, 2.24) is 9.55 Å². The number of rotatable bonds is 7. The minimum atomic E-state index is -0.0454. The minimum absolute atomic E-state index is 0. The van der Waals surface area contributed by atoms with E-state index in [4.69, 9.17) is 9.72 Å². The Bertz CT molecular complexity index is 3700. The number of nitrogens with zero attached hydrogens (tertiary/aromatic N) is 5. The predicted octanol–water partition coefficient (Wildman–Crippen LogP) is 15.2. The Morgan fingerprint density at radius 3 is 1.84 bits per heavy atom. The third-order valence-electron chi connectivity index (χ3n) is 14.6. The van der Waals surface area contributed by atoms with Crippen LogP contribution in [0.3, 0.4) is 0 Å². The SMILES string of the molecule is CC(C)(C)c1cc(B2c3ccccc3N(c3ccccc3)c3cc4c(cc32)N(c2ccccc2)[CH-]N4c2[c-]c(Oc3[c-]c4c(cc3)c3ccccc3n4-c3cc(C(C)(C)C)ccn3)ccc2)cc(C(C)(C)C)c1.[Pt]. The van der Waals surface area contributed by atoms with E-state index in [0.717, 1.165) is 61.7 Å². The van der Waals surface area contributed by atoms with Crippen LogP contribution < -0.4 is 35.8 Å². The summed E-state index contributed by atoms with van der Waals surface area (Å²) in [5.74, 6) is 2.03. The van der Waals surface area contributed by atoms with Gasteiger partial charge in [-0.3, -0.25) is 0 Å². The molecule has 0 amide bonds. The number of ether oxygens (including phenoxy) is 1. The number of hydrogen-bond donors (Lipinski definition) is 0. The van der Waals surface area contributed by atoms with Gasteiger partial charge in [-0.1, -0.05) is 164 Å². The van der Waals surface area contributed by atoms with E-state index in [0.29, 0.717) is 11.5 Å². The first kappa shape index (κ1) is 48.9. The molecule has 0 N–H and O–H groups in total. The molecule has 4 heterocycles. The molecule has 2 aliphatic rings. The third-order valence-corrected chi connectivity index (χ3v) is 14.6. The summed E-state index contributed by atoms with van der Waals surface area (Å²) in [7, 11) is 0. The van der Waals surface area contributed by atoms with E-state index in [1.807, 2.05) is 24.4 Å². The Labute approximate surface area is 451 Å². The number of anilines is 7. The smallest absolute Gasteiger partial charge is 0.246 e. The standard InChI is InChI=1S/C66H59BN5O.Pt/c1-64(2,3)44-33-34-68-63(38-44)72-57-29-18-16-27-53(57)54-32-31-52(40-59(54)72)73-51-26-20-25-50(39-51)70-43-69(48-21-12-10-13-22-48)61-41-56-60(42-62(61)70)71(49-23-14-11-15-24-49)58-30-19-17-28-55(58)67(56)47-36-45(65(4,5)6)35-46(37-47)66(7,8)9;/h10-38,41-43H,1-9H3;/q-3;. The summed E-state index contributed by atoms with van der Waals surface area (Å²) in [6, 6.07) is 73.0. The van der Waals surface area contributed by atoms with Crippen LogP contribution in [0.4, 0.5) is 39.8 Å². The van der Waals surface area contributed by atoms with Gasteiger partial charge in [0, 0.05) is 78.4 Å². The van der Waals surface area contributed by atoms with E-state index < -0.39 is 0 Å². The van der Waals surface area contributed by atoms with E-state index in [1.165, 1.54) is 38.8 Å². The van der Waals surface area contributed by atoms with Gasteiger partial charge in [0.25, 0.3) is 0 Å². The van der Waals surface area contributed by atoms with Gasteiger partial charge in [0.05, 0.1) is 0 Å². The van der Waals surface area contributed by atoms with E-state index in [1.54, 1.807) is 0 Å². The molecule has 2 aromatic heterocycles. The number of hydrogen-bond acceptors (Lipinski definition) is 5. The average molecular weight is 1140 g/mol. The second-order valence-corrected chi connectivity index (χ2v) is 22.7. The monoisotopic (exact) mass is 1140 g/mol. The molecular weight excluding hydrogens is 1080 g/mol. The fraction of sp³-hybridized carbons (Fsp3) is 0.182. The van der Waals surface area contributed by atoms with Crippen molar-refractivity contribution < 1.29 is 25.8 Å². The Morgan fingerprint density at radius 2 is 1.12 bits per heavy atom. The van der Waals surface area contributed by atoms with Crippen LogP contribution in [-0.4, -0.2) is 16.3 Å². The van der Waals surface area contributed by atoms with Crippen LogP contribution in [-0.2, 0) is 37.3 Å². The van der Waals surface area contributed by atoms with Crippen molar-refractivity contribution in [1.29, 1.82) is 0 Å². The predicted molar refractivity (Wildman–Crippen MR) is 306 cm³/mol. The summed E-state index contributed by atoms with van der Waals surface area (Å²) >= 11 is 0. The van der Waals surface area contributed by atoms with Gasteiger partial charge in [-0.2, -0.15) is 12.1 Å². The fourth-order valence-electron chi connectivity index (χ4n) is 10.7. The Morgan fingerprint density at radius 1 is 0.486 bits per heavy atom. The molecule has 0 spiro atoms. The summed E-state index contributed by atoms with van der Waals surface area (Å²) in [4.78, 5) is 11.9. The maximum absolute atomic E-state index is 6.78. The van der Waals surface area contributed by atoms with Gasteiger partial charge in [-0.15, -0.1) is 48.1 Å². The number of para-hydroxylation sites is 4. The maximum Gasteiger partial charge on any atom is 0.246 e. The van der Waals surface area contributed by atoms with Crippen LogP contribution in [0.15, 0.2) is 188 Å². The largest absolute Gasteiger partial charge is 0.509 e. The van der Waals surface area contributed by atoms with Gasteiger partial charge in [-0.25, -0.2) is 4.98 Å². The molecule has 0 radical (unpaired) electrons. The topological polar surface area (TPSA) is 36.8 Å². The van der Waals surface area contributed by atoms with Gasteiger partial charge in [-0.05, 0) is 110 Å². The normalized spacial score (nSPS) is 13.5. The van der Waals surface area contributed by atoms with Gasteiger partial charge >= 0.3 is 0 Å². The molecule has 370 valence electrons. The zero-order valence-corrected chi connectivity index (χ0v) is 45.8. The molecule has 0 bridgehead atoms. The molecule has 0 fully saturated rings. The van der Waals surface area contributed by atoms with E-state index >= 15 is 0 Å². The molecule has 0 saturated heterocycles. The average Bonchev–Trinajstić information content (AvgIpc) is 3.92. The van der Waals surface area contributed by atoms with Crippen molar-refractivity contribution in [2.45, 2.75) is 78.6 Å². The molecule has 10 aromatic rings. The van der Waals surface area contributed by atoms with E-state index in [-0.39, 0.29) is 44.0 Å². The molecule has 0 atom stereocenters. The first-order valence-electron chi connectivity index (χ1n) is 25.5. The number of aromatic nitrogens is 2.